The van der Waals surface area contributed by atoms with Crippen molar-refractivity contribution in [2.45, 2.75) is 19.8 Å². The highest BCUT2D eigenvalue weighted by Gasteiger charge is 2.17. The number of thiazole rings is 1. The van der Waals surface area contributed by atoms with Crippen molar-refractivity contribution in [3.63, 3.8) is 0 Å². The number of anilines is 1. The fraction of sp³-hybridized carbons (Fsp3) is 0.429. The Morgan fingerprint density at radius 2 is 2.11 bits per heavy atom. The summed E-state index contributed by atoms with van der Waals surface area (Å²) in [6, 6.07) is 6.17. The quantitative estimate of drug-likeness (QED) is 0.828. The maximum Gasteiger partial charge on any atom is 0.152 e. The summed E-state index contributed by atoms with van der Waals surface area (Å²) in [4.78, 5) is 11.3. The molecule has 18 heavy (non-hydrogen) atoms. The van der Waals surface area contributed by atoms with Crippen molar-refractivity contribution in [2.24, 2.45) is 5.92 Å². The van der Waals surface area contributed by atoms with Crippen molar-refractivity contribution in [2.75, 3.05) is 18.0 Å². The summed E-state index contributed by atoms with van der Waals surface area (Å²) in [7, 11) is 0. The smallest absolute Gasteiger partial charge is 0.152 e. The zero-order valence-corrected chi connectivity index (χ0v) is 11.3. The molecule has 1 aliphatic rings. The zero-order valence-electron chi connectivity index (χ0n) is 10.5. The monoisotopic (exact) mass is 258 g/mol. The summed E-state index contributed by atoms with van der Waals surface area (Å²) in [5.41, 5.74) is 4.74. The van der Waals surface area contributed by atoms with E-state index in [1.54, 1.807) is 0 Å². The Hall–Kier alpha value is -1.42. The van der Waals surface area contributed by atoms with Gasteiger partial charge in [0.2, 0.25) is 0 Å². The Labute approximate surface area is 112 Å². The summed E-state index contributed by atoms with van der Waals surface area (Å²) >= 11 is 1.49. The van der Waals surface area contributed by atoms with Crippen LogP contribution in [-0.2, 0) is 0 Å². The molecule has 2 aromatic heterocycles. The highest BCUT2D eigenvalue weighted by molar-refractivity contribution is 7.07. The van der Waals surface area contributed by atoms with Crippen LogP contribution in [0.5, 0.6) is 0 Å². The Morgan fingerprint density at radius 1 is 1.28 bits per heavy atom. The minimum absolute atomic E-state index is 0.845. The molecule has 0 aliphatic carbocycles. The molecule has 4 heteroatoms. The van der Waals surface area contributed by atoms with Crippen LogP contribution in [0.25, 0.3) is 11.4 Å². The minimum Gasteiger partial charge on any atom is -0.357 e. The highest BCUT2D eigenvalue weighted by Crippen LogP contribution is 2.24. The maximum atomic E-state index is 4.71. The van der Waals surface area contributed by atoms with Crippen LogP contribution in [0.3, 0.4) is 0 Å². The van der Waals surface area contributed by atoms with E-state index in [2.05, 4.69) is 34.5 Å². The van der Waals surface area contributed by atoms with Gasteiger partial charge in [-0.25, -0.2) is 9.97 Å². The second-order valence-corrected chi connectivity index (χ2v) is 5.53. The number of nitrogens with zero attached hydrogens (tertiary/aromatic N) is 3. The van der Waals surface area contributed by atoms with E-state index in [4.69, 9.17) is 4.98 Å². The van der Waals surface area contributed by atoms with Gasteiger partial charge in [-0.15, -0.1) is 11.3 Å². The molecule has 0 spiro atoms. The molecule has 0 aromatic carbocycles. The maximum absolute atomic E-state index is 4.71. The van der Waals surface area contributed by atoms with E-state index in [1.165, 1.54) is 24.2 Å². The van der Waals surface area contributed by atoms with Gasteiger partial charge < -0.3 is 4.90 Å². The van der Waals surface area contributed by atoms with Gasteiger partial charge in [-0.1, -0.05) is 13.0 Å². The number of pyridine rings is 1. The molecule has 0 atom stereocenters. The molecule has 1 saturated heterocycles. The Balaban J connectivity index is 1.83. The Morgan fingerprint density at radius 3 is 2.83 bits per heavy atom. The second kappa shape index (κ2) is 5.06. The average molecular weight is 258 g/mol. The van der Waals surface area contributed by atoms with Gasteiger partial charge in [0.1, 0.15) is 11.5 Å². The second-order valence-electron chi connectivity index (χ2n) is 4.87. The molecular weight excluding hydrogens is 242 g/mol. The lowest BCUT2D eigenvalue weighted by Gasteiger charge is -2.31. The summed E-state index contributed by atoms with van der Waals surface area (Å²) in [6.45, 7) is 4.55. The van der Waals surface area contributed by atoms with Crippen LogP contribution in [0.4, 0.5) is 5.82 Å². The highest BCUT2D eigenvalue weighted by atomic mass is 32.1. The fourth-order valence-electron chi connectivity index (χ4n) is 2.28. The minimum atomic E-state index is 0.845. The SMILES string of the molecule is CC1CCN(c2cccc(-c3cs[c]n3)n2)CC1. The Kier molecular flexibility index (Phi) is 3.28. The van der Waals surface area contributed by atoms with Crippen LogP contribution in [0, 0.1) is 11.4 Å². The first-order chi connectivity index (χ1) is 8.83. The average Bonchev–Trinajstić information content (AvgIpc) is 2.94. The van der Waals surface area contributed by atoms with Crippen LogP contribution in [0.15, 0.2) is 23.6 Å². The largest absolute Gasteiger partial charge is 0.357 e. The van der Waals surface area contributed by atoms with Crippen molar-refractivity contribution in [3.8, 4) is 11.4 Å². The van der Waals surface area contributed by atoms with Crippen LogP contribution < -0.4 is 4.90 Å². The zero-order chi connectivity index (χ0) is 12.4. The lowest BCUT2D eigenvalue weighted by molar-refractivity contribution is 0.436. The Bertz CT molecular complexity index is 502. The number of aromatic nitrogens is 2. The number of hydrogen-bond acceptors (Lipinski definition) is 4. The van der Waals surface area contributed by atoms with Crippen molar-refractivity contribution >= 4 is 17.2 Å². The lowest BCUT2D eigenvalue weighted by Crippen LogP contribution is -2.33. The number of hydrogen-bond donors (Lipinski definition) is 0. The van der Waals surface area contributed by atoms with E-state index in [0.29, 0.717) is 0 Å². The molecule has 3 rings (SSSR count). The first-order valence-corrected chi connectivity index (χ1v) is 7.25. The van der Waals surface area contributed by atoms with E-state index in [-0.39, 0.29) is 0 Å². The van der Waals surface area contributed by atoms with Gasteiger partial charge in [0.15, 0.2) is 5.51 Å². The molecule has 2 aromatic rings. The van der Waals surface area contributed by atoms with Gasteiger partial charge in [-0.2, -0.15) is 0 Å². The molecular formula is C14H16N3S. The molecule has 1 aliphatic heterocycles. The predicted octanol–water partition coefficient (Wildman–Crippen LogP) is 3.24. The van der Waals surface area contributed by atoms with Crippen molar-refractivity contribution in [1.82, 2.24) is 9.97 Å². The molecule has 0 unspecified atom stereocenters. The fourth-order valence-corrected chi connectivity index (χ4v) is 2.77. The number of piperidine rings is 1. The topological polar surface area (TPSA) is 29.0 Å². The van der Waals surface area contributed by atoms with E-state index >= 15 is 0 Å². The van der Waals surface area contributed by atoms with Crippen molar-refractivity contribution in [3.05, 3.63) is 29.1 Å². The van der Waals surface area contributed by atoms with Gasteiger partial charge >= 0.3 is 0 Å². The molecule has 3 heterocycles. The van der Waals surface area contributed by atoms with E-state index in [0.717, 1.165) is 36.2 Å². The molecule has 0 saturated carbocycles. The summed E-state index contributed by atoms with van der Waals surface area (Å²) in [5.74, 6) is 1.92. The normalized spacial score (nSPS) is 17.1. The third kappa shape index (κ3) is 2.38. The number of rotatable bonds is 2. The van der Waals surface area contributed by atoms with Crippen LogP contribution >= 0.6 is 11.3 Å². The molecule has 93 valence electrons. The van der Waals surface area contributed by atoms with E-state index < -0.39 is 0 Å². The van der Waals surface area contributed by atoms with Gasteiger partial charge in [0, 0.05) is 18.5 Å². The predicted molar refractivity (Wildman–Crippen MR) is 74.8 cm³/mol. The van der Waals surface area contributed by atoms with Crippen LogP contribution in [0.2, 0.25) is 0 Å². The summed E-state index contributed by atoms with van der Waals surface area (Å²) in [5, 5.41) is 1.99. The molecule has 0 N–H and O–H groups in total. The summed E-state index contributed by atoms with van der Waals surface area (Å²) in [6.07, 6.45) is 2.52. The lowest BCUT2D eigenvalue weighted by atomic mass is 9.99. The molecule has 3 nitrogen and oxygen atoms in total. The van der Waals surface area contributed by atoms with Crippen LogP contribution in [0.1, 0.15) is 19.8 Å². The van der Waals surface area contributed by atoms with Gasteiger partial charge in [-0.05, 0) is 30.9 Å². The van der Waals surface area contributed by atoms with Crippen molar-refractivity contribution in [1.29, 1.82) is 0 Å². The standard InChI is InChI=1S/C14H16N3S/c1-11-5-7-17(8-6-11)14-4-2-3-12(16-14)13-9-18-10-15-13/h2-4,9,11H,5-8H2,1H3. The van der Waals surface area contributed by atoms with Gasteiger partial charge in [0.25, 0.3) is 0 Å². The molecule has 0 amide bonds. The van der Waals surface area contributed by atoms with Gasteiger partial charge in [0.05, 0.1) is 5.69 Å². The summed E-state index contributed by atoms with van der Waals surface area (Å²) < 4.78 is 0. The molecule has 1 fully saturated rings. The van der Waals surface area contributed by atoms with E-state index in [9.17, 15) is 0 Å². The molecule has 0 bridgehead atoms. The molecule has 1 radical (unpaired) electrons. The van der Waals surface area contributed by atoms with E-state index in [1.807, 2.05) is 11.4 Å². The van der Waals surface area contributed by atoms with Crippen molar-refractivity contribution < 1.29 is 0 Å². The first-order valence-electron chi connectivity index (χ1n) is 6.37. The first kappa shape index (κ1) is 11.7. The third-order valence-electron chi connectivity index (χ3n) is 3.49. The van der Waals surface area contributed by atoms with Gasteiger partial charge in [-0.3, -0.25) is 0 Å². The third-order valence-corrected chi connectivity index (χ3v) is 4.03. The van der Waals surface area contributed by atoms with Crippen LogP contribution in [-0.4, -0.2) is 23.1 Å².